The molecule has 0 saturated heterocycles. The van der Waals surface area contributed by atoms with Gasteiger partial charge in [0.25, 0.3) is 15.9 Å². The van der Waals surface area contributed by atoms with Crippen molar-refractivity contribution in [2.24, 2.45) is 0 Å². The van der Waals surface area contributed by atoms with E-state index in [1.165, 1.54) is 18.2 Å². The van der Waals surface area contributed by atoms with Crippen LogP contribution in [0.5, 0.6) is 0 Å². The standard InChI is InChI=1S/C12H8BrCl2N3O3S/c13-9-5-7(6-16-11(9)15)22(20,21)18-17-12(19)8-3-1-2-4-10(8)14/h1-6,18H,(H,17,19). The van der Waals surface area contributed by atoms with Crippen LogP contribution in [0.15, 0.2) is 45.9 Å². The fourth-order valence-corrected chi connectivity index (χ4v) is 3.07. The molecule has 2 rings (SSSR count). The van der Waals surface area contributed by atoms with Gasteiger partial charge in [-0.2, -0.15) is 0 Å². The van der Waals surface area contributed by atoms with E-state index in [9.17, 15) is 13.2 Å². The molecule has 0 aliphatic rings. The van der Waals surface area contributed by atoms with Gasteiger partial charge in [0.2, 0.25) is 0 Å². The first-order valence-corrected chi connectivity index (χ1v) is 8.72. The average Bonchev–Trinajstić information content (AvgIpc) is 2.48. The molecule has 0 bridgehead atoms. The Labute approximate surface area is 145 Å². The third-order valence-corrected chi connectivity index (χ3v) is 5.18. The number of hydrogen-bond acceptors (Lipinski definition) is 4. The molecule has 22 heavy (non-hydrogen) atoms. The number of amides is 1. The zero-order chi connectivity index (χ0) is 16.3. The highest BCUT2D eigenvalue weighted by Crippen LogP contribution is 2.22. The van der Waals surface area contributed by atoms with Gasteiger partial charge in [0.05, 0.1) is 15.1 Å². The van der Waals surface area contributed by atoms with Crippen LogP contribution < -0.4 is 10.3 Å². The summed E-state index contributed by atoms with van der Waals surface area (Å²) in [6.45, 7) is 0. The van der Waals surface area contributed by atoms with Crippen LogP contribution >= 0.6 is 39.1 Å². The number of nitrogens with zero attached hydrogens (tertiary/aromatic N) is 1. The Bertz CT molecular complexity index is 830. The minimum Gasteiger partial charge on any atom is -0.273 e. The normalized spacial score (nSPS) is 11.2. The minimum absolute atomic E-state index is 0.124. The van der Waals surface area contributed by atoms with E-state index in [4.69, 9.17) is 23.2 Å². The topological polar surface area (TPSA) is 88.2 Å². The van der Waals surface area contributed by atoms with Gasteiger partial charge in [-0.3, -0.25) is 10.2 Å². The summed E-state index contributed by atoms with van der Waals surface area (Å²) in [5.74, 6) is -0.685. The highest BCUT2D eigenvalue weighted by molar-refractivity contribution is 9.10. The van der Waals surface area contributed by atoms with E-state index in [1.54, 1.807) is 12.1 Å². The maximum Gasteiger partial charge on any atom is 0.267 e. The molecule has 0 radical (unpaired) electrons. The molecule has 116 valence electrons. The van der Waals surface area contributed by atoms with Gasteiger partial charge in [-0.05, 0) is 34.1 Å². The van der Waals surface area contributed by atoms with E-state index >= 15 is 0 Å². The molecule has 1 aromatic heterocycles. The van der Waals surface area contributed by atoms with Crippen LogP contribution in [-0.2, 0) is 10.0 Å². The highest BCUT2D eigenvalue weighted by Gasteiger charge is 2.18. The van der Waals surface area contributed by atoms with Crippen molar-refractivity contribution in [2.75, 3.05) is 0 Å². The van der Waals surface area contributed by atoms with Gasteiger partial charge in [0.15, 0.2) is 0 Å². The van der Waals surface area contributed by atoms with Gasteiger partial charge in [-0.1, -0.05) is 35.3 Å². The number of halogens is 3. The molecule has 0 fully saturated rings. The molecule has 0 spiro atoms. The Morgan fingerprint density at radius 2 is 1.91 bits per heavy atom. The van der Waals surface area contributed by atoms with E-state index in [-0.39, 0.29) is 20.6 Å². The summed E-state index contributed by atoms with van der Waals surface area (Å²) in [7, 11) is -3.99. The van der Waals surface area contributed by atoms with Crippen molar-refractivity contribution < 1.29 is 13.2 Å². The molecule has 2 N–H and O–H groups in total. The van der Waals surface area contributed by atoms with E-state index < -0.39 is 15.9 Å². The van der Waals surface area contributed by atoms with Crippen LogP contribution in [0.4, 0.5) is 0 Å². The molecular formula is C12H8BrCl2N3O3S. The molecule has 10 heteroatoms. The summed E-state index contributed by atoms with van der Waals surface area (Å²) in [6.07, 6.45) is 1.07. The van der Waals surface area contributed by atoms with Gasteiger partial charge in [-0.15, -0.1) is 4.83 Å². The van der Waals surface area contributed by atoms with Crippen molar-refractivity contribution in [3.05, 3.63) is 56.7 Å². The predicted octanol–water partition coefficient (Wildman–Crippen LogP) is 2.77. The summed E-state index contributed by atoms with van der Waals surface area (Å²) < 4.78 is 24.4. The molecule has 0 aliphatic carbocycles. The lowest BCUT2D eigenvalue weighted by atomic mass is 10.2. The second-order valence-corrected chi connectivity index (χ2v) is 7.29. The first-order chi connectivity index (χ1) is 10.3. The third kappa shape index (κ3) is 3.96. The van der Waals surface area contributed by atoms with Gasteiger partial charge in [0.1, 0.15) is 10.0 Å². The van der Waals surface area contributed by atoms with Gasteiger partial charge >= 0.3 is 0 Å². The number of hydrogen-bond donors (Lipinski definition) is 2. The monoisotopic (exact) mass is 423 g/mol. The summed E-state index contributed by atoms with van der Waals surface area (Å²) in [6, 6.07) is 7.51. The first-order valence-electron chi connectivity index (χ1n) is 5.69. The van der Waals surface area contributed by atoms with Crippen LogP contribution in [0.1, 0.15) is 10.4 Å². The fraction of sp³-hybridized carbons (Fsp3) is 0. The summed E-state index contributed by atoms with van der Waals surface area (Å²) >= 11 is 14.6. The van der Waals surface area contributed by atoms with Crippen LogP contribution in [0.25, 0.3) is 0 Å². The number of carbonyl (C=O) groups excluding carboxylic acids is 1. The van der Waals surface area contributed by atoms with Crippen molar-refractivity contribution in [1.82, 2.24) is 15.2 Å². The number of rotatable bonds is 4. The second kappa shape index (κ2) is 6.93. The minimum atomic E-state index is -3.99. The molecule has 6 nitrogen and oxygen atoms in total. The molecule has 0 saturated carbocycles. The van der Waals surface area contributed by atoms with E-state index in [0.717, 1.165) is 6.20 Å². The van der Waals surface area contributed by atoms with E-state index in [0.29, 0.717) is 4.47 Å². The predicted molar refractivity (Wildman–Crippen MR) is 86.2 cm³/mol. The Morgan fingerprint density at radius 3 is 2.55 bits per heavy atom. The Hall–Kier alpha value is -1.19. The fourth-order valence-electron chi connectivity index (χ4n) is 1.44. The average molecular weight is 425 g/mol. The van der Waals surface area contributed by atoms with E-state index in [1.807, 2.05) is 4.83 Å². The summed E-state index contributed by atoms with van der Waals surface area (Å²) in [5.41, 5.74) is 2.22. The molecule has 2 aromatic rings. The highest BCUT2D eigenvalue weighted by atomic mass is 79.9. The van der Waals surface area contributed by atoms with Gasteiger partial charge in [-0.25, -0.2) is 13.4 Å². The molecular weight excluding hydrogens is 417 g/mol. The van der Waals surface area contributed by atoms with Crippen LogP contribution in [0, 0.1) is 0 Å². The number of nitrogens with one attached hydrogen (secondary N) is 2. The Morgan fingerprint density at radius 1 is 1.23 bits per heavy atom. The van der Waals surface area contributed by atoms with Crippen molar-refractivity contribution in [1.29, 1.82) is 0 Å². The lowest BCUT2D eigenvalue weighted by molar-refractivity contribution is 0.0945. The Kier molecular flexibility index (Phi) is 5.41. The second-order valence-electron chi connectivity index (χ2n) is 3.98. The molecule has 1 aromatic carbocycles. The zero-order valence-electron chi connectivity index (χ0n) is 10.7. The molecule has 1 amide bonds. The van der Waals surface area contributed by atoms with Crippen molar-refractivity contribution >= 4 is 55.1 Å². The van der Waals surface area contributed by atoms with Crippen LogP contribution in [0.2, 0.25) is 10.2 Å². The molecule has 0 aliphatic heterocycles. The lowest BCUT2D eigenvalue weighted by Crippen LogP contribution is -2.41. The Balaban J connectivity index is 2.14. The first kappa shape index (κ1) is 17.2. The van der Waals surface area contributed by atoms with Crippen molar-refractivity contribution in [3.63, 3.8) is 0 Å². The van der Waals surface area contributed by atoms with E-state index in [2.05, 4.69) is 26.3 Å². The zero-order valence-corrected chi connectivity index (χ0v) is 14.6. The van der Waals surface area contributed by atoms with Gasteiger partial charge in [0, 0.05) is 6.20 Å². The molecule has 0 atom stereocenters. The largest absolute Gasteiger partial charge is 0.273 e. The molecule has 0 unspecified atom stereocenters. The number of aromatic nitrogens is 1. The SMILES string of the molecule is O=C(NNS(=O)(=O)c1cnc(Cl)c(Br)c1)c1ccccc1Cl. The third-order valence-electron chi connectivity index (χ3n) is 2.50. The smallest absolute Gasteiger partial charge is 0.267 e. The van der Waals surface area contributed by atoms with Gasteiger partial charge < -0.3 is 0 Å². The van der Waals surface area contributed by atoms with Crippen LogP contribution in [-0.4, -0.2) is 19.3 Å². The molecule has 1 heterocycles. The number of hydrazine groups is 1. The summed E-state index contributed by atoms with van der Waals surface area (Å²) in [4.78, 5) is 17.4. The number of benzene rings is 1. The maximum atomic E-state index is 12.1. The number of carbonyl (C=O) groups is 1. The van der Waals surface area contributed by atoms with Crippen molar-refractivity contribution in [3.8, 4) is 0 Å². The number of sulfonamides is 1. The lowest BCUT2D eigenvalue weighted by Gasteiger charge is -2.09. The summed E-state index contributed by atoms with van der Waals surface area (Å²) in [5, 5.41) is 0.328. The van der Waals surface area contributed by atoms with Crippen LogP contribution in [0.3, 0.4) is 0 Å². The maximum absolute atomic E-state index is 12.1. The van der Waals surface area contributed by atoms with Crippen molar-refractivity contribution in [2.45, 2.75) is 4.90 Å². The quantitative estimate of drug-likeness (QED) is 0.583. The number of pyridine rings is 1.